The number of rotatable bonds is 3. The molecule has 1 rings (SSSR count). The monoisotopic (exact) mass is 199 g/mol. The van der Waals surface area contributed by atoms with Crippen molar-refractivity contribution >= 4 is 24.3 Å². The van der Waals surface area contributed by atoms with Crippen molar-refractivity contribution in [2.24, 2.45) is 0 Å². The van der Waals surface area contributed by atoms with Crippen LogP contribution in [0.5, 0.6) is 0 Å². The molecule has 1 heterocycles. The summed E-state index contributed by atoms with van der Waals surface area (Å²) in [4.78, 5) is 3.31. The van der Waals surface area contributed by atoms with E-state index in [4.69, 9.17) is 0 Å². The van der Waals surface area contributed by atoms with Crippen molar-refractivity contribution in [2.45, 2.75) is 13.8 Å². The van der Waals surface area contributed by atoms with Gasteiger partial charge in [0, 0.05) is 21.8 Å². The molecule has 78 valence electrons. The highest BCUT2D eigenvalue weighted by molar-refractivity contribution is 5.64. The van der Waals surface area contributed by atoms with Gasteiger partial charge in [-0.3, -0.25) is 0 Å². The number of H-pyrrole nitrogens is 1. The summed E-state index contributed by atoms with van der Waals surface area (Å²) in [5.74, 6) is 0. The minimum atomic E-state index is 1.05. The molecule has 1 heteroatoms. The zero-order valence-corrected chi connectivity index (χ0v) is 9.38. The van der Waals surface area contributed by atoms with Gasteiger partial charge in [0.2, 0.25) is 0 Å². The van der Waals surface area contributed by atoms with Gasteiger partial charge >= 0.3 is 0 Å². The van der Waals surface area contributed by atoms with E-state index >= 15 is 0 Å². The van der Waals surface area contributed by atoms with Gasteiger partial charge in [-0.2, -0.15) is 0 Å². The number of aromatic nitrogens is 1. The minimum absolute atomic E-state index is 1.05. The van der Waals surface area contributed by atoms with Gasteiger partial charge in [0.05, 0.1) is 0 Å². The maximum Gasteiger partial charge on any atom is 0.0461 e. The molecule has 1 aromatic rings. The predicted molar refractivity (Wildman–Crippen MR) is 69.6 cm³/mol. The molecule has 0 bridgehead atoms. The Hall–Kier alpha value is -1.76. The molecule has 15 heavy (non-hydrogen) atoms. The molecule has 0 aliphatic carbocycles. The minimum Gasteiger partial charge on any atom is -0.355 e. The van der Waals surface area contributed by atoms with Crippen molar-refractivity contribution in [1.29, 1.82) is 0 Å². The topological polar surface area (TPSA) is 15.8 Å². The van der Waals surface area contributed by atoms with Crippen LogP contribution < -0.4 is 10.6 Å². The third-order valence-corrected chi connectivity index (χ3v) is 2.25. The van der Waals surface area contributed by atoms with Gasteiger partial charge in [0.1, 0.15) is 0 Å². The second-order valence-corrected chi connectivity index (χ2v) is 3.17. The predicted octanol–water partition coefficient (Wildman–Crippen LogP) is 2.46. The highest BCUT2D eigenvalue weighted by atomic mass is 14.7. The fourth-order valence-corrected chi connectivity index (χ4v) is 1.64. The van der Waals surface area contributed by atoms with Crippen LogP contribution in [0.15, 0.2) is 25.3 Å². The molecule has 0 radical (unpaired) electrons. The molecule has 0 spiro atoms. The molecule has 0 aliphatic heterocycles. The quantitative estimate of drug-likeness (QED) is 0.769. The van der Waals surface area contributed by atoms with Crippen LogP contribution in [0.4, 0.5) is 0 Å². The van der Waals surface area contributed by atoms with Crippen LogP contribution in [0.2, 0.25) is 0 Å². The number of hydrogen-bond acceptors (Lipinski definition) is 0. The van der Waals surface area contributed by atoms with Crippen molar-refractivity contribution in [1.82, 2.24) is 4.98 Å². The molecular formula is C14H17N. The van der Waals surface area contributed by atoms with Crippen LogP contribution in [0, 0.1) is 0 Å². The van der Waals surface area contributed by atoms with Crippen molar-refractivity contribution in [3.8, 4) is 0 Å². The number of hydrogen-bond donors (Lipinski definition) is 1. The summed E-state index contributed by atoms with van der Waals surface area (Å²) in [6.45, 7) is 11.6. The first-order chi connectivity index (χ1) is 7.28. The van der Waals surface area contributed by atoms with Crippen LogP contribution in [-0.4, -0.2) is 4.98 Å². The third-order valence-electron chi connectivity index (χ3n) is 2.25. The average molecular weight is 199 g/mol. The van der Waals surface area contributed by atoms with Crippen LogP contribution >= 0.6 is 0 Å². The molecule has 1 aromatic heterocycles. The van der Waals surface area contributed by atoms with Gasteiger partial charge in [0.25, 0.3) is 0 Å². The lowest BCUT2D eigenvalue weighted by Crippen LogP contribution is -2.23. The van der Waals surface area contributed by atoms with E-state index < -0.39 is 0 Å². The van der Waals surface area contributed by atoms with Crippen LogP contribution in [0.25, 0.3) is 24.3 Å². The van der Waals surface area contributed by atoms with E-state index in [-0.39, 0.29) is 0 Å². The van der Waals surface area contributed by atoms with E-state index in [0.717, 1.165) is 11.0 Å². The van der Waals surface area contributed by atoms with Crippen molar-refractivity contribution < 1.29 is 0 Å². The molecule has 0 aromatic carbocycles. The smallest absolute Gasteiger partial charge is 0.0461 e. The maximum atomic E-state index is 3.80. The number of allylic oxidation sites excluding steroid dienone is 2. The summed E-state index contributed by atoms with van der Waals surface area (Å²) in [5.41, 5.74) is 2.23. The normalized spacial score (nSPS) is 13.7. The molecular weight excluding hydrogens is 182 g/mol. The Morgan fingerprint density at radius 1 is 1.20 bits per heavy atom. The third kappa shape index (κ3) is 2.18. The van der Waals surface area contributed by atoms with Gasteiger partial charge in [-0.25, -0.2) is 0 Å². The van der Waals surface area contributed by atoms with Crippen molar-refractivity contribution in [3.05, 3.63) is 47.1 Å². The second kappa shape index (κ2) is 5.20. The zero-order valence-electron chi connectivity index (χ0n) is 9.38. The first kappa shape index (κ1) is 11.3. The van der Waals surface area contributed by atoms with E-state index in [0.29, 0.717) is 0 Å². The SMILES string of the molecule is C=C/C=c1/[nH]c(C=C)c(/C=C\C)/c1=C/C. The van der Waals surface area contributed by atoms with Gasteiger partial charge in [-0.05, 0) is 26.0 Å². The Morgan fingerprint density at radius 3 is 2.40 bits per heavy atom. The Morgan fingerprint density at radius 2 is 1.93 bits per heavy atom. The van der Waals surface area contributed by atoms with Gasteiger partial charge < -0.3 is 4.98 Å². The molecule has 0 fully saturated rings. The van der Waals surface area contributed by atoms with E-state index in [2.05, 4.69) is 30.3 Å². The molecule has 0 saturated carbocycles. The largest absolute Gasteiger partial charge is 0.355 e. The summed E-state index contributed by atoms with van der Waals surface area (Å²) in [7, 11) is 0. The summed E-state index contributed by atoms with van der Waals surface area (Å²) in [6.07, 6.45) is 11.8. The van der Waals surface area contributed by atoms with Crippen LogP contribution in [0.3, 0.4) is 0 Å². The van der Waals surface area contributed by atoms with Gasteiger partial charge in [0.15, 0.2) is 0 Å². The standard InChI is InChI=1S/C14H17N/c1-5-9-12-11(7-3)14(10-6-2)15-13(12)8-4/h5-10,15H,2,4H2,1,3H3/b9-5-,11-7-,14-10+. The van der Waals surface area contributed by atoms with Crippen molar-refractivity contribution in [2.75, 3.05) is 0 Å². The lowest BCUT2D eigenvalue weighted by molar-refractivity contribution is 1.29. The summed E-state index contributed by atoms with van der Waals surface area (Å²) >= 11 is 0. The lowest BCUT2D eigenvalue weighted by Gasteiger charge is -1.89. The number of nitrogens with one attached hydrogen (secondary N) is 1. The Bertz CT molecular complexity index is 498. The first-order valence-electron chi connectivity index (χ1n) is 5.04. The van der Waals surface area contributed by atoms with E-state index in [1.165, 1.54) is 10.8 Å². The Kier molecular flexibility index (Phi) is 3.92. The highest BCUT2D eigenvalue weighted by Gasteiger charge is 2.01. The maximum absolute atomic E-state index is 3.80. The summed E-state index contributed by atoms with van der Waals surface area (Å²) in [5, 5.41) is 2.28. The van der Waals surface area contributed by atoms with Crippen LogP contribution in [-0.2, 0) is 0 Å². The van der Waals surface area contributed by atoms with E-state index in [1.807, 2.05) is 32.1 Å². The zero-order chi connectivity index (χ0) is 11.3. The van der Waals surface area contributed by atoms with Gasteiger partial charge in [-0.1, -0.05) is 37.5 Å². The molecule has 1 nitrogen and oxygen atoms in total. The molecule has 0 saturated heterocycles. The molecule has 1 N–H and O–H groups in total. The second-order valence-electron chi connectivity index (χ2n) is 3.17. The fraction of sp³-hybridized carbons (Fsp3) is 0.143. The van der Waals surface area contributed by atoms with Crippen LogP contribution in [0.1, 0.15) is 25.1 Å². The fourth-order valence-electron chi connectivity index (χ4n) is 1.64. The van der Waals surface area contributed by atoms with Gasteiger partial charge in [-0.15, -0.1) is 0 Å². The Balaban J connectivity index is 3.69. The van der Waals surface area contributed by atoms with E-state index in [9.17, 15) is 0 Å². The summed E-state index contributed by atoms with van der Waals surface area (Å²) < 4.78 is 0. The average Bonchev–Trinajstić information content (AvgIpc) is 2.57. The molecule has 0 aliphatic rings. The molecule has 0 amide bonds. The molecule has 0 unspecified atom stereocenters. The van der Waals surface area contributed by atoms with Crippen molar-refractivity contribution in [3.63, 3.8) is 0 Å². The number of aromatic amines is 1. The summed E-state index contributed by atoms with van der Waals surface area (Å²) in [6, 6.07) is 0. The highest BCUT2D eigenvalue weighted by Crippen LogP contribution is 2.02. The lowest BCUT2D eigenvalue weighted by atomic mass is 10.1. The molecule has 0 atom stereocenters. The first-order valence-corrected chi connectivity index (χ1v) is 5.04. The Labute approximate surface area is 90.8 Å². The van der Waals surface area contributed by atoms with E-state index in [1.54, 1.807) is 6.08 Å².